The average molecular weight is 301 g/mol. The molecule has 0 radical (unpaired) electrons. The molecule has 20 heavy (non-hydrogen) atoms. The van der Waals surface area contributed by atoms with E-state index < -0.39 is 5.60 Å². The Hall–Kier alpha value is -0.220. The molecule has 0 aliphatic carbocycles. The van der Waals surface area contributed by atoms with Crippen molar-refractivity contribution in [3.05, 3.63) is 0 Å². The van der Waals surface area contributed by atoms with E-state index in [-0.39, 0.29) is 11.8 Å². The van der Waals surface area contributed by atoms with Gasteiger partial charge in [0, 0.05) is 12.5 Å². The van der Waals surface area contributed by atoms with Gasteiger partial charge < -0.3 is 10.4 Å². The van der Waals surface area contributed by atoms with Crippen molar-refractivity contribution < 1.29 is 9.90 Å². The molecule has 1 saturated heterocycles. The Morgan fingerprint density at radius 1 is 1.30 bits per heavy atom. The van der Waals surface area contributed by atoms with Crippen molar-refractivity contribution in [2.45, 2.75) is 64.9 Å². The minimum atomic E-state index is -0.675. The molecular weight excluding hydrogens is 270 g/mol. The van der Waals surface area contributed by atoms with E-state index >= 15 is 0 Å². The summed E-state index contributed by atoms with van der Waals surface area (Å²) >= 11 is 1.88. The molecule has 1 amide bonds. The molecule has 1 rings (SSSR count). The van der Waals surface area contributed by atoms with Crippen molar-refractivity contribution in [2.75, 3.05) is 18.1 Å². The number of aliphatic hydroxyl groups is 1. The highest BCUT2D eigenvalue weighted by molar-refractivity contribution is 7.99. The summed E-state index contributed by atoms with van der Waals surface area (Å²) in [6.45, 7) is 6.83. The molecule has 0 aromatic heterocycles. The largest absolute Gasteiger partial charge is 0.388 e. The van der Waals surface area contributed by atoms with Gasteiger partial charge in [-0.05, 0) is 36.7 Å². The summed E-state index contributed by atoms with van der Waals surface area (Å²) in [4.78, 5) is 12.3. The third-order valence-corrected chi connectivity index (χ3v) is 5.26. The summed E-state index contributed by atoms with van der Waals surface area (Å²) in [5.41, 5.74) is -0.675. The van der Waals surface area contributed by atoms with Crippen molar-refractivity contribution in [3.63, 3.8) is 0 Å². The number of nitrogens with one attached hydrogen (secondary N) is 1. The lowest BCUT2D eigenvalue weighted by Crippen LogP contribution is -2.47. The second kappa shape index (κ2) is 8.93. The maximum atomic E-state index is 12.3. The molecule has 1 atom stereocenters. The van der Waals surface area contributed by atoms with Gasteiger partial charge in [-0.25, -0.2) is 0 Å². The minimum absolute atomic E-state index is 0.0862. The molecule has 1 aliphatic heterocycles. The lowest BCUT2D eigenvalue weighted by atomic mass is 9.89. The Morgan fingerprint density at radius 3 is 2.50 bits per heavy atom. The second-order valence-corrected chi connectivity index (χ2v) is 7.63. The predicted octanol–water partition coefficient (Wildman–Crippen LogP) is 3.21. The first-order chi connectivity index (χ1) is 9.48. The van der Waals surface area contributed by atoms with Crippen LogP contribution in [0.2, 0.25) is 0 Å². The van der Waals surface area contributed by atoms with Gasteiger partial charge in [0.1, 0.15) is 0 Å². The Kier molecular flexibility index (Phi) is 7.96. The van der Waals surface area contributed by atoms with E-state index in [1.165, 1.54) is 12.8 Å². The molecule has 0 aromatic rings. The van der Waals surface area contributed by atoms with Crippen LogP contribution in [-0.4, -0.2) is 34.7 Å². The molecule has 0 spiro atoms. The van der Waals surface area contributed by atoms with E-state index in [0.717, 1.165) is 37.2 Å². The van der Waals surface area contributed by atoms with Crippen molar-refractivity contribution in [3.8, 4) is 0 Å². The number of rotatable bonds is 8. The molecule has 1 heterocycles. The maximum absolute atomic E-state index is 12.3. The topological polar surface area (TPSA) is 49.3 Å². The van der Waals surface area contributed by atoms with Crippen molar-refractivity contribution in [1.29, 1.82) is 0 Å². The number of hydrogen-bond acceptors (Lipinski definition) is 3. The predicted molar refractivity (Wildman–Crippen MR) is 87.0 cm³/mol. The van der Waals surface area contributed by atoms with Crippen molar-refractivity contribution >= 4 is 17.7 Å². The van der Waals surface area contributed by atoms with E-state index in [4.69, 9.17) is 0 Å². The molecule has 3 nitrogen and oxygen atoms in total. The van der Waals surface area contributed by atoms with Crippen LogP contribution in [0, 0.1) is 11.8 Å². The normalized spacial score (nSPS) is 19.9. The summed E-state index contributed by atoms with van der Waals surface area (Å²) < 4.78 is 0. The third-order valence-electron chi connectivity index (χ3n) is 4.28. The lowest BCUT2D eigenvalue weighted by molar-refractivity contribution is -0.128. The van der Waals surface area contributed by atoms with Crippen LogP contribution in [0.3, 0.4) is 0 Å². The number of amides is 1. The zero-order chi connectivity index (χ0) is 15.0. The first-order valence-electron chi connectivity index (χ1n) is 8.06. The number of unbranched alkanes of at least 4 members (excludes halogenated alkanes) is 2. The summed E-state index contributed by atoms with van der Waals surface area (Å²) in [6.07, 6.45) is 6.04. The van der Waals surface area contributed by atoms with Gasteiger partial charge in [0.05, 0.1) is 5.60 Å². The molecule has 1 aliphatic rings. The van der Waals surface area contributed by atoms with Crippen LogP contribution in [0.25, 0.3) is 0 Å². The molecule has 2 N–H and O–H groups in total. The van der Waals surface area contributed by atoms with Crippen LogP contribution in [0.1, 0.15) is 59.3 Å². The van der Waals surface area contributed by atoms with Gasteiger partial charge in [-0.15, -0.1) is 0 Å². The Morgan fingerprint density at radius 2 is 1.95 bits per heavy atom. The van der Waals surface area contributed by atoms with E-state index in [9.17, 15) is 9.90 Å². The highest BCUT2D eigenvalue weighted by Crippen LogP contribution is 2.26. The van der Waals surface area contributed by atoms with Crippen LogP contribution in [0.15, 0.2) is 0 Å². The van der Waals surface area contributed by atoms with Crippen LogP contribution in [-0.2, 0) is 4.79 Å². The standard InChI is InChI=1S/C16H31NO2S/c1-4-5-6-7-14(13(2)3)15(18)17-12-16(19)8-10-20-11-9-16/h13-14,19H,4-12H2,1-3H3,(H,17,18). The lowest BCUT2D eigenvalue weighted by Gasteiger charge is -2.32. The molecule has 0 bridgehead atoms. The first kappa shape index (κ1) is 17.8. The molecule has 118 valence electrons. The van der Waals surface area contributed by atoms with Crippen LogP contribution in [0.4, 0.5) is 0 Å². The number of carbonyl (C=O) groups is 1. The molecule has 1 unspecified atom stereocenters. The summed E-state index contributed by atoms with van der Waals surface area (Å²) in [5, 5.41) is 13.4. The first-order valence-corrected chi connectivity index (χ1v) is 9.22. The number of thioether (sulfide) groups is 1. The fraction of sp³-hybridized carbons (Fsp3) is 0.938. The highest BCUT2D eigenvalue weighted by Gasteiger charge is 2.31. The molecule has 4 heteroatoms. The van der Waals surface area contributed by atoms with Gasteiger partial charge in [0.2, 0.25) is 5.91 Å². The Balaban J connectivity index is 2.40. The summed E-state index contributed by atoms with van der Waals surface area (Å²) in [6, 6.07) is 0. The van der Waals surface area contributed by atoms with Gasteiger partial charge in [0.15, 0.2) is 0 Å². The van der Waals surface area contributed by atoms with Gasteiger partial charge in [-0.1, -0.05) is 40.0 Å². The Labute approximate surface area is 128 Å². The van der Waals surface area contributed by atoms with Crippen LogP contribution >= 0.6 is 11.8 Å². The van der Waals surface area contributed by atoms with Crippen LogP contribution < -0.4 is 5.32 Å². The molecular formula is C16H31NO2S. The third kappa shape index (κ3) is 6.04. The van der Waals surface area contributed by atoms with E-state index in [1.807, 2.05) is 11.8 Å². The van der Waals surface area contributed by atoms with E-state index in [0.29, 0.717) is 12.5 Å². The summed E-state index contributed by atoms with van der Waals surface area (Å²) in [7, 11) is 0. The highest BCUT2D eigenvalue weighted by atomic mass is 32.2. The van der Waals surface area contributed by atoms with E-state index in [2.05, 4.69) is 26.1 Å². The monoisotopic (exact) mass is 301 g/mol. The quantitative estimate of drug-likeness (QED) is 0.677. The molecule has 1 fully saturated rings. The fourth-order valence-electron chi connectivity index (χ4n) is 2.69. The number of hydrogen-bond donors (Lipinski definition) is 2. The van der Waals surface area contributed by atoms with Crippen LogP contribution in [0.5, 0.6) is 0 Å². The zero-order valence-electron chi connectivity index (χ0n) is 13.3. The SMILES string of the molecule is CCCCCC(C(=O)NCC1(O)CCSCC1)C(C)C. The molecule has 0 saturated carbocycles. The smallest absolute Gasteiger partial charge is 0.223 e. The molecule has 0 aromatic carbocycles. The van der Waals surface area contributed by atoms with Gasteiger partial charge >= 0.3 is 0 Å². The van der Waals surface area contributed by atoms with Gasteiger partial charge in [-0.2, -0.15) is 11.8 Å². The summed E-state index contributed by atoms with van der Waals surface area (Å²) in [5.74, 6) is 2.57. The van der Waals surface area contributed by atoms with Crippen molar-refractivity contribution in [1.82, 2.24) is 5.32 Å². The second-order valence-electron chi connectivity index (χ2n) is 6.40. The van der Waals surface area contributed by atoms with Gasteiger partial charge in [0.25, 0.3) is 0 Å². The zero-order valence-corrected chi connectivity index (χ0v) is 14.1. The van der Waals surface area contributed by atoms with E-state index in [1.54, 1.807) is 0 Å². The maximum Gasteiger partial charge on any atom is 0.223 e. The fourth-order valence-corrected chi connectivity index (χ4v) is 3.95. The minimum Gasteiger partial charge on any atom is -0.388 e. The Bertz CT molecular complexity index is 288. The van der Waals surface area contributed by atoms with Gasteiger partial charge in [-0.3, -0.25) is 4.79 Å². The number of carbonyl (C=O) groups excluding carboxylic acids is 1. The average Bonchev–Trinajstić information content (AvgIpc) is 2.41. The van der Waals surface area contributed by atoms with Crippen molar-refractivity contribution in [2.24, 2.45) is 11.8 Å².